The van der Waals surface area contributed by atoms with Crippen molar-refractivity contribution >= 4 is 56.2 Å². The van der Waals surface area contributed by atoms with Crippen LogP contribution in [0.2, 0.25) is 0 Å². The van der Waals surface area contributed by atoms with Crippen LogP contribution in [0.5, 0.6) is 5.75 Å². The molecule has 3 aromatic carbocycles. The second-order valence-electron chi connectivity index (χ2n) is 7.10. The number of hydrogen-bond donors (Lipinski definition) is 0. The molecule has 0 aliphatic carbocycles. The summed E-state index contributed by atoms with van der Waals surface area (Å²) in [5, 5.41) is 0.633. The van der Waals surface area contributed by atoms with E-state index in [1.165, 1.54) is 11.8 Å². The van der Waals surface area contributed by atoms with Gasteiger partial charge in [0.2, 0.25) is 0 Å². The first-order valence-electron chi connectivity index (χ1n) is 9.75. The number of carbonyl (C=O) groups is 1. The molecule has 0 N–H and O–H groups in total. The summed E-state index contributed by atoms with van der Waals surface area (Å²) in [5.41, 5.74) is 4.57. The number of methoxy groups -OCH3 is 1. The van der Waals surface area contributed by atoms with Crippen LogP contribution in [-0.2, 0) is 4.79 Å². The molecule has 1 amide bonds. The number of halogens is 1. The molecule has 0 spiro atoms. The highest BCUT2D eigenvalue weighted by Crippen LogP contribution is 2.39. The van der Waals surface area contributed by atoms with Crippen molar-refractivity contribution in [1.29, 1.82) is 0 Å². The zero-order chi connectivity index (χ0) is 22.0. The van der Waals surface area contributed by atoms with E-state index in [4.69, 9.17) is 9.73 Å². The molecule has 6 heteroatoms. The average Bonchev–Trinajstić information content (AvgIpc) is 3.05. The van der Waals surface area contributed by atoms with Crippen molar-refractivity contribution < 1.29 is 9.53 Å². The minimum absolute atomic E-state index is 0.103. The van der Waals surface area contributed by atoms with E-state index in [0.29, 0.717) is 15.8 Å². The third-order valence-corrected chi connectivity index (χ3v) is 6.43. The van der Waals surface area contributed by atoms with Crippen LogP contribution in [0.1, 0.15) is 16.7 Å². The lowest BCUT2D eigenvalue weighted by molar-refractivity contribution is -0.113. The molecular formula is C25H21BrN2O2S. The van der Waals surface area contributed by atoms with E-state index in [2.05, 4.69) is 15.9 Å². The number of nitrogens with zero attached hydrogens (tertiary/aromatic N) is 2. The van der Waals surface area contributed by atoms with Crippen LogP contribution < -0.4 is 9.64 Å². The molecule has 1 heterocycles. The minimum Gasteiger partial charge on any atom is -0.496 e. The first-order valence-corrected chi connectivity index (χ1v) is 11.4. The highest BCUT2D eigenvalue weighted by molar-refractivity contribution is 9.10. The fourth-order valence-corrected chi connectivity index (χ4v) is 4.68. The number of benzene rings is 3. The monoisotopic (exact) mass is 492 g/mol. The average molecular weight is 493 g/mol. The molecule has 0 unspecified atom stereocenters. The number of carbonyl (C=O) groups excluding carboxylic acids is 1. The van der Waals surface area contributed by atoms with Gasteiger partial charge in [0.15, 0.2) is 5.17 Å². The Balaban J connectivity index is 1.85. The van der Waals surface area contributed by atoms with Crippen LogP contribution in [0.4, 0.5) is 11.4 Å². The molecule has 31 heavy (non-hydrogen) atoms. The number of aliphatic imine (C=N–C) groups is 1. The van der Waals surface area contributed by atoms with Crippen molar-refractivity contribution in [2.24, 2.45) is 4.99 Å². The number of aryl methyl sites for hydroxylation is 2. The molecule has 1 aliphatic rings. The molecule has 0 bridgehead atoms. The van der Waals surface area contributed by atoms with Crippen LogP contribution >= 0.6 is 27.7 Å². The SMILES string of the molecule is COc1ccc(Br)cc1C=C1SC(=Nc2ccccc2C)N(c2ccccc2C)C1=O. The van der Waals surface area contributed by atoms with Crippen LogP contribution in [0.25, 0.3) is 6.08 Å². The van der Waals surface area contributed by atoms with Gasteiger partial charge in [0.05, 0.1) is 23.4 Å². The summed E-state index contributed by atoms with van der Waals surface area (Å²) in [5.74, 6) is 0.601. The minimum atomic E-state index is -0.103. The van der Waals surface area contributed by atoms with Gasteiger partial charge in [0.1, 0.15) is 5.75 Å². The molecule has 0 saturated carbocycles. The number of ether oxygens (including phenoxy) is 1. The predicted molar refractivity (Wildman–Crippen MR) is 133 cm³/mol. The molecule has 0 radical (unpaired) electrons. The standard InChI is InChI=1S/C25H21BrN2O2S/c1-16-8-4-6-10-20(16)27-25-28(21-11-7-5-9-17(21)2)24(29)23(31-25)15-18-14-19(26)12-13-22(18)30-3/h4-15H,1-3H3. The maximum Gasteiger partial charge on any atom is 0.271 e. The fourth-order valence-electron chi connectivity index (χ4n) is 3.33. The molecule has 4 rings (SSSR count). The Morgan fingerprint density at radius 1 is 1.00 bits per heavy atom. The van der Waals surface area contributed by atoms with E-state index in [1.807, 2.05) is 86.7 Å². The predicted octanol–water partition coefficient (Wildman–Crippen LogP) is 6.88. The van der Waals surface area contributed by atoms with Crippen molar-refractivity contribution in [3.63, 3.8) is 0 Å². The van der Waals surface area contributed by atoms with E-state index in [1.54, 1.807) is 12.0 Å². The van der Waals surface area contributed by atoms with E-state index in [0.717, 1.165) is 32.5 Å². The lowest BCUT2D eigenvalue weighted by Gasteiger charge is -2.18. The van der Waals surface area contributed by atoms with E-state index in [9.17, 15) is 4.79 Å². The van der Waals surface area contributed by atoms with Gasteiger partial charge < -0.3 is 4.74 Å². The Hall–Kier alpha value is -2.83. The van der Waals surface area contributed by atoms with Crippen molar-refractivity contribution in [3.05, 3.63) is 92.8 Å². The largest absolute Gasteiger partial charge is 0.496 e. The maximum absolute atomic E-state index is 13.5. The fraction of sp³-hybridized carbons (Fsp3) is 0.120. The molecule has 0 atom stereocenters. The molecule has 0 aromatic heterocycles. The normalized spacial score (nSPS) is 16.4. The van der Waals surface area contributed by atoms with Crippen LogP contribution in [0, 0.1) is 13.8 Å². The molecule has 156 valence electrons. The Morgan fingerprint density at radius 3 is 2.42 bits per heavy atom. The zero-order valence-corrected chi connectivity index (χ0v) is 19.8. The zero-order valence-electron chi connectivity index (χ0n) is 17.4. The number of para-hydroxylation sites is 2. The van der Waals surface area contributed by atoms with E-state index >= 15 is 0 Å². The highest BCUT2D eigenvalue weighted by Gasteiger charge is 2.35. The summed E-state index contributed by atoms with van der Waals surface area (Å²) in [6.45, 7) is 4.01. The summed E-state index contributed by atoms with van der Waals surface area (Å²) >= 11 is 4.87. The topological polar surface area (TPSA) is 41.9 Å². The Morgan fingerprint density at radius 2 is 1.71 bits per heavy atom. The molecule has 1 aliphatic heterocycles. The molecule has 4 nitrogen and oxygen atoms in total. The van der Waals surface area contributed by atoms with Gasteiger partial charge in [-0.25, -0.2) is 4.99 Å². The number of amidine groups is 1. The Bertz CT molecular complexity index is 1220. The quantitative estimate of drug-likeness (QED) is 0.372. The van der Waals surface area contributed by atoms with Crippen molar-refractivity contribution in [2.45, 2.75) is 13.8 Å². The summed E-state index contributed by atoms with van der Waals surface area (Å²) < 4.78 is 6.40. The van der Waals surface area contributed by atoms with E-state index in [-0.39, 0.29) is 5.91 Å². The first kappa shape index (κ1) is 21.4. The molecular weight excluding hydrogens is 472 g/mol. The number of thioether (sulfide) groups is 1. The van der Waals surface area contributed by atoms with Crippen LogP contribution in [-0.4, -0.2) is 18.2 Å². The number of anilines is 1. The van der Waals surface area contributed by atoms with Gasteiger partial charge in [-0.3, -0.25) is 9.69 Å². The maximum atomic E-state index is 13.5. The van der Waals surface area contributed by atoms with Crippen molar-refractivity contribution in [3.8, 4) is 5.75 Å². The Labute approximate surface area is 194 Å². The van der Waals surface area contributed by atoms with Gasteiger partial charge in [-0.15, -0.1) is 0 Å². The molecule has 1 saturated heterocycles. The summed E-state index contributed by atoms with van der Waals surface area (Å²) in [7, 11) is 1.62. The Kier molecular flexibility index (Phi) is 6.30. The van der Waals surface area contributed by atoms with Crippen LogP contribution in [0.15, 0.2) is 81.1 Å². The van der Waals surface area contributed by atoms with Crippen molar-refractivity contribution in [2.75, 3.05) is 12.0 Å². The first-order chi connectivity index (χ1) is 15.0. The van der Waals surface area contributed by atoms with Gasteiger partial charge >= 0.3 is 0 Å². The van der Waals surface area contributed by atoms with E-state index < -0.39 is 0 Å². The number of amides is 1. The highest BCUT2D eigenvalue weighted by atomic mass is 79.9. The second-order valence-corrected chi connectivity index (χ2v) is 9.03. The number of rotatable bonds is 4. The lowest BCUT2D eigenvalue weighted by atomic mass is 10.1. The second kappa shape index (κ2) is 9.12. The van der Waals surface area contributed by atoms with Crippen LogP contribution in [0.3, 0.4) is 0 Å². The summed E-state index contributed by atoms with van der Waals surface area (Å²) in [6, 6.07) is 21.5. The summed E-state index contributed by atoms with van der Waals surface area (Å²) in [6.07, 6.45) is 1.86. The number of hydrogen-bond acceptors (Lipinski definition) is 4. The van der Waals surface area contributed by atoms with Gasteiger partial charge in [-0.1, -0.05) is 52.3 Å². The third kappa shape index (κ3) is 4.45. The smallest absolute Gasteiger partial charge is 0.271 e. The third-order valence-electron chi connectivity index (χ3n) is 4.97. The van der Waals surface area contributed by atoms with Crippen molar-refractivity contribution in [1.82, 2.24) is 0 Å². The lowest BCUT2D eigenvalue weighted by Crippen LogP contribution is -2.29. The summed E-state index contributed by atoms with van der Waals surface area (Å²) in [4.78, 5) is 20.7. The van der Waals surface area contributed by atoms with Gasteiger partial charge in [-0.05, 0) is 73.1 Å². The molecule has 1 fully saturated rings. The van der Waals surface area contributed by atoms with Gasteiger partial charge in [0, 0.05) is 10.0 Å². The molecule has 3 aromatic rings. The van der Waals surface area contributed by atoms with Gasteiger partial charge in [0.25, 0.3) is 5.91 Å². The van der Waals surface area contributed by atoms with Gasteiger partial charge in [-0.2, -0.15) is 0 Å².